The first-order chi connectivity index (χ1) is 9.66. The van der Waals surface area contributed by atoms with Crippen molar-refractivity contribution in [2.24, 2.45) is 0 Å². The number of carboxylic acid groups (broad SMARTS) is 1. The van der Waals surface area contributed by atoms with Gasteiger partial charge in [0.05, 0.1) is 12.8 Å². The maximum atomic E-state index is 11.7. The minimum absolute atomic E-state index is 0.194. The van der Waals surface area contributed by atoms with Crippen LogP contribution < -0.4 is 10.6 Å². The summed E-state index contributed by atoms with van der Waals surface area (Å²) in [7, 11) is 0. The van der Waals surface area contributed by atoms with Gasteiger partial charge in [0, 0.05) is 0 Å². The second kappa shape index (κ2) is 6.42. The van der Waals surface area contributed by atoms with Crippen LogP contribution in [0.25, 0.3) is 0 Å². The Hall–Kier alpha value is -2.76. The monoisotopic (exact) mass is 274 g/mol. The molecule has 0 radical (unpaired) electrons. The van der Waals surface area contributed by atoms with E-state index in [-0.39, 0.29) is 6.54 Å². The van der Waals surface area contributed by atoms with Crippen LogP contribution in [0.3, 0.4) is 0 Å². The van der Waals surface area contributed by atoms with Gasteiger partial charge >= 0.3 is 12.0 Å². The first-order valence-electron chi connectivity index (χ1n) is 6.01. The van der Waals surface area contributed by atoms with Crippen molar-refractivity contribution in [2.45, 2.75) is 12.6 Å². The number of hydrogen-bond acceptors (Lipinski definition) is 3. The van der Waals surface area contributed by atoms with Gasteiger partial charge in [0.15, 0.2) is 6.04 Å². The molecular formula is C14H14N2O4. The first kappa shape index (κ1) is 13.7. The summed E-state index contributed by atoms with van der Waals surface area (Å²) >= 11 is 0. The third kappa shape index (κ3) is 3.61. The number of carbonyl (C=O) groups excluding carboxylic acids is 1. The lowest BCUT2D eigenvalue weighted by atomic mass is 10.1. The van der Waals surface area contributed by atoms with Gasteiger partial charge in [-0.25, -0.2) is 9.59 Å². The Morgan fingerprint density at radius 2 is 1.90 bits per heavy atom. The molecule has 0 saturated heterocycles. The number of carbonyl (C=O) groups is 2. The fourth-order valence-electron chi connectivity index (χ4n) is 1.70. The van der Waals surface area contributed by atoms with Gasteiger partial charge in [-0.2, -0.15) is 0 Å². The fraction of sp³-hybridized carbons (Fsp3) is 0.143. The summed E-state index contributed by atoms with van der Waals surface area (Å²) in [6, 6.07) is 10.3. The quantitative estimate of drug-likeness (QED) is 0.776. The van der Waals surface area contributed by atoms with Gasteiger partial charge in [-0.1, -0.05) is 30.3 Å². The molecule has 1 heterocycles. The molecule has 2 aromatic rings. The van der Waals surface area contributed by atoms with Crippen LogP contribution in [0.15, 0.2) is 53.1 Å². The Kier molecular flexibility index (Phi) is 4.39. The third-order valence-corrected chi connectivity index (χ3v) is 2.66. The van der Waals surface area contributed by atoms with E-state index in [1.165, 1.54) is 6.26 Å². The highest BCUT2D eigenvalue weighted by molar-refractivity contribution is 5.83. The molecule has 2 rings (SSSR count). The SMILES string of the molecule is O=C(NCc1ccco1)N[C@@H](C(=O)O)c1ccccc1. The van der Waals surface area contributed by atoms with Crippen LogP contribution in [-0.4, -0.2) is 17.1 Å². The molecule has 0 aliphatic rings. The normalized spacial score (nSPS) is 11.6. The number of urea groups is 1. The molecule has 1 atom stereocenters. The molecule has 0 saturated carbocycles. The summed E-state index contributed by atoms with van der Waals surface area (Å²) in [6.07, 6.45) is 1.50. The Morgan fingerprint density at radius 3 is 2.50 bits per heavy atom. The summed E-state index contributed by atoms with van der Waals surface area (Å²) < 4.78 is 5.06. The Labute approximate surface area is 115 Å². The van der Waals surface area contributed by atoms with Crippen LogP contribution in [0, 0.1) is 0 Å². The van der Waals surface area contributed by atoms with Gasteiger partial charge < -0.3 is 20.2 Å². The summed E-state index contributed by atoms with van der Waals surface area (Å²) in [6.45, 7) is 0.194. The number of nitrogens with one attached hydrogen (secondary N) is 2. The molecule has 20 heavy (non-hydrogen) atoms. The van der Waals surface area contributed by atoms with Gasteiger partial charge in [0.2, 0.25) is 0 Å². The molecule has 6 nitrogen and oxygen atoms in total. The van der Waals surface area contributed by atoms with Crippen LogP contribution in [0.5, 0.6) is 0 Å². The molecule has 0 bridgehead atoms. The molecule has 2 amide bonds. The van der Waals surface area contributed by atoms with Gasteiger partial charge in [-0.05, 0) is 17.7 Å². The van der Waals surface area contributed by atoms with Crippen LogP contribution in [-0.2, 0) is 11.3 Å². The highest BCUT2D eigenvalue weighted by Gasteiger charge is 2.21. The first-order valence-corrected chi connectivity index (χ1v) is 6.01. The van der Waals surface area contributed by atoms with Crippen LogP contribution in [0.2, 0.25) is 0 Å². The topological polar surface area (TPSA) is 91.6 Å². The smallest absolute Gasteiger partial charge is 0.330 e. The van der Waals surface area contributed by atoms with Crippen molar-refractivity contribution in [2.75, 3.05) is 0 Å². The lowest BCUT2D eigenvalue weighted by Crippen LogP contribution is -2.40. The number of aliphatic carboxylic acids is 1. The van der Waals surface area contributed by atoms with Gasteiger partial charge in [0.25, 0.3) is 0 Å². The van der Waals surface area contributed by atoms with E-state index in [4.69, 9.17) is 9.52 Å². The van der Waals surface area contributed by atoms with E-state index in [9.17, 15) is 9.59 Å². The zero-order valence-corrected chi connectivity index (χ0v) is 10.6. The van der Waals surface area contributed by atoms with Crippen molar-refractivity contribution in [1.29, 1.82) is 0 Å². The molecule has 6 heteroatoms. The van der Waals surface area contributed by atoms with Crippen molar-refractivity contribution in [3.63, 3.8) is 0 Å². The number of carboxylic acids is 1. The van der Waals surface area contributed by atoms with E-state index in [0.717, 1.165) is 0 Å². The molecular weight excluding hydrogens is 260 g/mol. The zero-order valence-electron chi connectivity index (χ0n) is 10.6. The summed E-state index contributed by atoms with van der Waals surface area (Å²) in [5, 5.41) is 14.1. The van der Waals surface area contributed by atoms with Gasteiger partial charge in [0.1, 0.15) is 5.76 Å². The standard InChI is InChI=1S/C14H14N2O4/c17-13(18)12(10-5-2-1-3-6-10)16-14(19)15-9-11-7-4-8-20-11/h1-8,12H,9H2,(H,17,18)(H2,15,16,19)/t12-/m1/s1. The molecule has 0 aliphatic heterocycles. The molecule has 0 unspecified atom stereocenters. The fourth-order valence-corrected chi connectivity index (χ4v) is 1.70. The molecule has 0 aliphatic carbocycles. The lowest BCUT2D eigenvalue weighted by Gasteiger charge is -2.15. The molecule has 104 valence electrons. The van der Waals surface area contributed by atoms with E-state index in [1.807, 2.05) is 0 Å². The zero-order chi connectivity index (χ0) is 14.4. The van der Waals surface area contributed by atoms with E-state index in [2.05, 4.69) is 10.6 Å². The van der Waals surface area contributed by atoms with Crippen LogP contribution >= 0.6 is 0 Å². The molecule has 0 fully saturated rings. The van der Waals surface area contributed by atoms with Crippen LogP contribution in [0.4, 0.5) is 4.79 Å². The van der Waals surface area contributed by atoms with Crippen molar-refractivity contribution in [3.8, 4) is 0 Å². The number of benzene rings is 1. The maximum Gasteiger partial charge on any atom is 0.330 e. The highest BCUT2D eigenvalue weighted by Crippen LogP contribution is 2.12. The second-order valence-corrected chi connectivity index (χ2v) is 4.09. The lowest BCUT2D eigenvalue weighted by molar-refractivity contribution is -0.139. The summed E-state index contributed by atoms with van der Waals surface area (Å²) in [5.74, 6) is -0.531. The van der Waals surface area contributed by atoms with E-state index in [1.54, 1.807) is 42.5 Å². The van der Waals surface area contributed by atoms with Crippen molar-refractivity contribution in [1.82, 2.24) is 10.6 Å². The van der Waals surface area contributed by atoms with Gasteiger partial charge in [-0.3, -0.25) is 0 Å². The Morgan fingerprint density at radius 1 is 1.15 bits per heavy atom. The van der Waals surface area contributed by atoms with E-state index < -0.39 is 18.0 Å². The van der Waals surface area contributed by atoms with Crippen molar-refractivity contribution in [3.05, 3.63) is 60.1 Å². The van der Waals surface area contributed by atoms with Gasteiger partial charge in [-0.15, -0.1) is 0 Å². The maximum absolute atomic E-state index is 11.7. The van der Waals surface area contributed by atoms with Crippen molar-refractivity contribution < 1.29 is 19.1 Å². The molecule has 1 aromatic heterocycles. The van der Waals surface area contributed by atoms with E-state index >= 15 is 0 Å². The minimum Gasteiger partial charge on any atom is -0.479 e. The highest BCUT2D eigenvalue weighted by atomic mass is 16.4. The summed E-state index contributed by atoms with van der Waals surface area (Å²) in [5.41, 5.74) is 0.508. The molecule has 1 aromatic carbocycles. The summed E-state index contributed by atoms with van der Waals surface area (Å²) in [4.78, 5) is 22.9. The predicted molar refractivity (Wildman–Crippen MR) is 70.9 cm³/mol. The van der Waals surface area contributed by atoms with Crippen molar-refractivity contribution >= 4 is 12.0 Å². The van der Waals surface area contributed by atoms with Crippen LogP contribution in [0.1, 0.15) is 17.4 Å². The average molecular weight is 274 g/mol. The largest absolute Gasteiger partial charge is 0.479 e. The number of amides is 2. The average Bonchev–Trinajstić information content (AvgIpc) is 2.96. The number of rotatable bonds is 5. The second-order valence-electron chi connectivity index (χ2n) is 4.09. The number of hydrogen-bond donors (Lipinski definition) is 3. The minimum atomic E-state index is -1.12. The predicted octanol–water partition coefficient (Wildman–Crippen LogP) is 1.90. The molecule has 0 spiro atoms. The Balaban J connectivity index is 1.95. The third-order valence-electron chi connectivity index (χ3n) is 2.66. The molecule has 3 N–H and O–H groups in total. The van der Waals surface area contributed by atoms with E-state index in [0.29, 0.717) is 11.3 Å². The number of furan rings is 1. The Bertz CT molecular complexity index is 566.